The van der Waals surface area contributed by atoms with E-state index < -0.39 is 0 Å². The summed E-state index contributed by atoms with van der Waals surface area (Å²) in [6, 6.07) is 0. The van der Waals surface area contributed by atoms with Crippen LogP contribution >= 0.6 is 40.0 Å². The van der Waals surface area contributed by atoms with Crippen LogP contribution in [-0.4, -0.2) is 11.0 Å². The molecule has 0 spiro atoms. The molecule has 0 amide bonds. The molecule has 0 heterocycles. The molecule has 0 aliphatic heterocycles. The van der Waals surface area contributed by atoms with Gasteiger partial charge in [0, 0.05) is 0 Å². The summed E-state index contributed by atoms with van der Waals surface area (Å²) in [6.45, 7) is 0. The van der Waals surface area contributed by atoms with E-state index in [9.17, 15) is 0 Å². The van der Waals surface area contributed by atoms with Crippen LogP contribution in [0.4, 0.5) is 0 Å². The Morgan fingerprint density at radius 3 is 1.00 bits per heavy atom. The molecule has 0 aromatic heterocycles. The molecule has 2 nitrogen and oxygen atoms in total. The summed E-state index contributed by atoms with van der Waals surface area (Å²) in [5.41, 5.74) is 0. The first kappa shape index (κ1) is 15.8. The summed E-state index contributed by atoms with van der Waals surface area (Å²) in [7, 11) is 0.628. The Kier molecular flexibility index (Phi) is 52.7. The molecular formula is H4I2O2V. The Balaban J connectivity index is -0.0000000200. The fourth-order valence-corrected chi connectivity index (χ4v) is 0. The first-order valence-electron chi connectivity index (χ1n) is 0.338. The second kappa shape index (κ2) is 16.7. The van der Waals surface area contributed by atoms with E-state index in [1.165, 1.54) is 0 Å². The van der Waals surface area contributed by atoms with Crippen LogP contribution in [0.2, 0.25) is 0 Å². The average Bonchev–Trinajstić information content (AvgIpc) is 0.918. The third kappa shape index (κ3) is 24.3. The van der Waals surface area contributed by atoms with Crippen molar-refractivity contribution in [3.05, 3.63) is 0 Å². The van der Waals surface area contributed by atoms with E-state index in [4.69, 9.17) is 0 Å². The second-order valence-corrected chi connectivity index (χ2v) is 11.9. The number of hydrogen-bond acceptors (Lipinski definition) is 0. The van der Waals surface area contributed by atoms with Crippen molar-refractivity contribution in [3.8, 4) is 0 Å². The van der Waals surface area contributed by atoms with E-state index in [0.717, 1.165) is 0 Å². The Morgan fingerprint density at radius 2 is 1.00 bits per heavy atom. The Hall–Kier alpha value is 1.96. The van der Waals surface area contributed by atoms with E-state index in [-0.39, 0.29) is 11.0 Å². The van der Waals surface area contributed by atoms with Gasteiger partial charge in [-0.25, -0.2) is 0 Å². The standard InChI is InChI=1S/2HI.2H2O.V/h2*1H;2*1H2;/q;;;;+2/p-2. The van der Waals surface area contributed by atoms with E-state index in [1.54, 1.807) is 0 Å². The van der Waals surface area contributed by atoms with Gasteiger partial charge >= 0.3 is 49.4 Å². The SMILES string of the molecule is O.O.[I][V][I]. The summed E-state index contributed by atoms with van der Waals surface area (Å²) in [5.74, 6) is 0. The predicted octanol–water partition coefficient (Wildman–Crippen LogP) is 0.120. The fraction of sp³-hybridized carbons (Fsp3) is 0. The normalized spacial score (nSPS) is 2.80. The maximum absolute atomic E-state index is 2.37. The number of halogens is 2. The zero-order valence-electron chi connectivity index (χ0n) is 2.20. The van der Waals surface area contributed by atoms with Crippen LogP contribution in [0, 0.1) is 0 Å². The van der Waals surface area contributed by atoms with Crippen LogP contribution in [-0.2, 0) is 9.47 Å². The van der Waals surface area contributed by atoms with Gasteiger partial charge in [0.25, 0.3) is 0 Å². The van der Waals surface area contributed by atoms with Crippen molar-refractivity contribution in [2.24, 2.45) is 0 Å². The van der Waals surface area contributed by atoms with Crippen LogP contribution in [0.1, 0.15) is 0 Å². The van der Waals surface area contributed by atoms with Crippen molar-refractivity contribution in [2.45, 2.75) is 0 Å². The summed E-state index contributed by atoms with van der Waals surface area (Å²) in [4.78, 5) is 0. The molecule has 0 unspecified atom stereocenters. The van der Waals surface area contributed by atoms with Gasteiger partial charge in [-0.1, -0.05) is 0 Å². The maximum atomic E-state index is 2.37. The quantitative estimate of drug-likeness (QED) is 0.562. The molecular weight excluding hydrogens is 337 g/mol. The summed E-state index contributed by atoms with van der Waals surface area (Å²) in [6.07, 6.45) is 0. The minimum atomic E-state index is 0. The Morgan fingerprint density at radius 1 is 1.00 bits per heavy atom. The molecule has 5 heteroatoms. The van der Waals surface area contributed by atoms with Gasteiger partial charge in [0.2, 0.25) is 0 Å². The van der Waals surface area contributed by atoms with Crippen molar-refractivity contribution >= 4 is 40.0 Å². The third-order valence-electron chi connectivity index (χ3n) is 0. The van der Waals surface area contributed by atoms with Gasteiger partial charge in [-0.15, -0.1) is 0 Å². The van der Waals surface area contributed by atoms with Gasteiger partial charge in [-0.3, -0.25) is 0 Å². The van der Waals surface area contributed by atoms with Crippen LogP contribution in [0.15, 0.2) is 0 Å². The zero-order chi connectivity index (χ0) is 2.71. The van der Waals surface area contributed by atoms with Crippen LogP contribution in [0.3, 0.4) is 0 Å². The third-order valence-corrected chi connectivity index (χ3v) is 0. The monoisotopic (exact) mass is 341 g/mol. The predicted molar refractivity (Wildman–Crippen MR) is 35.3 cm³/mol. The molecule has 0 saturated carbocycles. The van der Waals surface area contributed by atoms with Crippen molar-refractivity contribution in [3.63, 3.8) is 0 Å². The van der Waals surface area contributed by atoms with Crippen molar-refractivity contribution < 1.29 is 20.4 Å². The van der Waals surface area contributed by atoms with Crippen LogP contribution in [0.5, 0.6) is 0 Å². The van der Waals surface area contributed by atoms with Gasteiger partial charge in [-0.2, -0.15) is 0 Å². The van der Waals surface area contributed by atoms with E-state index in [2.05, 4.69) is 40.0 Å². The number of hydrogen-bond donors (Lipinski definition) is 0. The molecule has 0 aromatic carbocycles. The Labute approximate surface area is 59.5 Å². The molecule has 0 aliphatic carbocycles. The average molecular weight is 341 g/mol. The van der Waals surface area contributed by atoms with Gasteiger partial charge in [-0.05, 0) is 0 Å². The molecule has 0 aliphatic rings. The molecule has 0 rings (SSSR count). The van der Waals surface area contributed by atoms with Crippen molar-refractivity contribution in [1.29, 1.82) is 0 Å². The van der Waals surface area contributed by atoms with Crippen molar-refractivity contribution in [2.75, 3.05) is 0 Å². The van der Waals surface area contributed by atoms with Crippen LogP contribution in [0.25, 0.3) is 0 Å². The van der Waals surface area contributed by atoms with E-state index >= 15 is 0 Å². The van der Waals surface area contributed by atoms with Gasteiger partial charge < -0.3 is 11.0 Å². The molecule has 0 atom stereocenters. The van der Waals surface area contributed by atoms with E-state index in [0.29, 0.717) is 9.47 Å². The zero-order valence-corrected chi connectivity index (χ0v) is 7.91. The summed E-state index contributed by atoms with van der Waals surface area (Å²) >= 11 is 4.74. The molecule has 4 N–H and O–H groups in total. The Bertz CT molecular complexity index is 7.61. The first-order chi connectivity index (χ1) is 1.41. The molecule has 35 valence electrons. The van der Waals surface area contributed by atoms with Gasteiger partial charge in [0.15, 0.2) is 0 Å². The van der Waals surface area contributed by atoms with Gasteiger partial charge in [0.05, 0.1) is 0 Å². The second-order valence-electron chi connectivity index (χ2n) is 0.0639. The summed E-state index contributed by atoms with van der Waals surface area (Å²) < 4.78 is 0. The van der Waals surface area contributed by atoms with E-state index in [1.807, 2.05) is 0 Å². The van der Waals surface area contributed by atoms with Crippen LogP contribution < -0.4 is 0 Å². The topological polar surface area (TPSA) is 63.0 Å². The minimum absolute atomic E-state index is 0. The molecule has 0 fully saturated rings. The molecule has 0 aromatic rings. The molecule has 0 bridgehead atoms. The molecule has 0 radical (unpaired) electrons. The molecule has 5 heavy (non-hydrogen) atoms. The van der Waals surface area contributed by atoms with Crippen molar-refractivity contribution in [1.82, 2.24) is 0 Å². The fourth-order valence-electron chi connectivity index (χ4n) is 0. The summed E-state index contributed by atoms with van der Waals surface area (Å²) in [5, 5.41) is 0. The number of rotatable bonds is 0. The first-order valence-corrected chi connectivity index (χ1v) is 9.35. The molecule has 0 saturated heterocycles. The van der Waals surface area contributed by atoms with Gasteiger partial charge in [0.1, 0.15) is 0 Å².